The van der Waals surface area contributed by atoms with Crippen molar-refractivity contribution in [1.82, 2.24) is 4.98 Å². The number of anilines is 1. The zero-order valence-electron chi connectivity index (χ0n) is 13.1. The van der Waals surface area contributed by atoms with Gasteiger partial charge in [-0.1, -0.05) is 6.07 Å². The molecule has 2 aromatic rings. The Hall–Kier alpha value is -3.29. The van der Waals surface area contributed by atoms with Crippen molar-refractivity contribution in [3.8, 4) is 0 Å². The standard InChI is InChI=1S/C16H15N3O5/c1-10-5-6-13(19(22)23)8-14(10)18-15(20)11(2)24-16(21)12-4-3-7-17-9-12/h3-9,11H,1-2H3,(H,18,20). The summed E-state index contributed by atoms with van der Waals surface area (Å²) in [7, 11) is 0. The van der Waals surface area contributed by atoms with E-state index in [0.29, 0.717) is 11.3 Å². The number of nitro groups is 1. The molecule has 0 aliphatic heterocycles. The van der Waals surface area contributed by atoms with Crippen LogP contribution >= 0.6 is 0 Å². The van der Waals surface area contributed by atoms with Crippen molar-refractivity contribution in [3.63, 3.8) is 0 Å². The highest BCUT2D eigenvalue weighted by Crippen LogP contribution is 2.22. The number of nitrogens with zero attached hydrogens (tertiary/aromatic N) is 2. The van der Waals surface area contributed by atoms with E-state index >= 15 is 0 Å². The van der Waals surface area contributed by atoms with Gasteiger partial charge in [-0.25, -0.2) is 4.79 Å². The summed E-state index contributed by atoms with van der Waals surface area (Å²) in [5, 5.41) is 13.3. The Morgan fingerprint density at radius 2 is 2.08 bits per heavy atom. The molecule has 0 spiro atoms. The molecule has 1 heterocycles. The lowest BCUT2D eigenvalue weighted by atomic mass is 10.1. The molecule has 8 nitrogen and oxygen atoms in total. The molecule has 0 saturated heterocycles. The maximum absolute atomic E-state index is 12.1. The quantitative estimate of drug-likeness (QED) is 0.512. The number of benzene rings is 1. The van der Waals surface area contributed by atoms with Gasteiger partial charge in [-0.3, -0.25) is 19.9 Å². The Morgan fingerprint density at radius 3 is 2.71 bits per heavy atom. The summed E-state index contributed by atoms with van der Waals surface area (Å²) in [5.74, 6) is -1.27. The van der Waals surface area contributed by atoms with Gasteiger partial charge in [0.25, 0.3) is 11.6 Å². The van der Waals surface area contributed by atoms with E-state index in [1.165, 1.54) is 43.6 Å². The van der Waals surface area contributed by atoms with Crippen molar-refractivity contribution in [2.45, 2.75) is 20.0 Å². The molecule has 0 saturated carbocycles. The summed E-state index contributed by atoms with van der Waals surface area (Å²) in [4.78, 5) is 38.1. The fourth-order valence-corrected chi connectivity index (χ4v) is 1.86. The van der Waals surface area contributed by atoms with Crippen LogP contribution in [0.25, 0.3) is 0 Å². The molecule has 0 bridgehead atoms. The second-order valence-corrected chi connectivity index (χ2v) is 5.03. The number of hydrogen-bond acceptors (Lipinski definition) is 6. The minimum absolute atomic E-state index is 0.143. The van der Waals surface area contributed by atoms with E-state index in [9.17, 15) is 19.7 Å². The number of aryl methyl sites for hydroxylation is 1. The van der Waals surface area contributed by atoms with E-state index in [4.69, 9.17) is 4.74 Å². The monoisotopic (exact) mass is 329 g/mol. The van der Waals surface area contributed by atoms with E-state index in [1.807, 2.05) is 0 Å². The Morgan fingerprint density at radius 1 is 1.33 bits per heavy atom. The lowest BCUT2D eigenvalue weighted by Gasteiger charge is -2.14. The van der Waals surface area contributed by atoms with Crippen LogP contribution in [0.15, 0.2) is 42.7 Å². The van der Waals surface area contributed by atoms with Crippen LogP contribution < -0.4 is 5.32 Å². The van der Waals surface area contributed by atoms with Crippen molar-refractivity contribution in [2.24, 2.45) is 0 Å². The van der Waals surface area contributed by atoms with Gasteiger partial charge in [0, 0.05) is 24.5 Å². The molecule has 0 aliphatic rings. The van der Waals surface area contributed by atoms with E-state index < -0.39 is 22.9 Å². The number of pyridine rings is 1. The van der Waals surface area contributed by atoms with Crippen LogP contribution in [-0.4, -0.2) is 27.9 Å². The molecule has 0 fully saturated rings. The molecule has 1 aromatic heterocycles. The lowest BCUT2D eigenvalue weighted by molar-refractivity contribution is -0.384. The Labute approximate surface area is 137 Å². The molecule has 124 valence electrons. The smallest absolute Gasteiger partial charge is 0.340 e. The van der Waals surface area contributed by atoms with Gasteiger partial charge in [0.05, 0.1) is 16.2 Å². The molecular weight excluding hydrogens is 314 g/mol. The largest absolute Gasteiger partial charge is 0.449 e. The second-order valence-electron chi connectivity index (χ2n) is 5.03. The normalized spacial score (nSPS) is 11.4. The molecule has 1 aromatic carbocycles. The Bertz CT molecular complexity index is 777. The van der Waals surface area contributed by atoms with Gasteiger partial charge in [-0.15, -0.1) is 0 Å². The number of non-ortho nitro benzene ring substituents is 1. The van der Waals surface area contributed by atoms with Crippen molar-refractivity contribution in [3.05, 3.63) is 64.0 Å². The SMILES string of the molecule is Cc1ccc([N+](=O)[O-])cc1NC(=O)C(C)OC(=O)c1cccnc1. The van der Waals surface area contributed by atoms with E-state index in [1.54, 1.807) is 13.0 Å². The number of nitro benzene ring substituents is 1. The van der Waals surface area contributed by atoms with Gasteiger partial charge in [-0.2, -0.15) is 0 Å². The minimum atomic E-state index is -1.07. The van der Waals surface area contributed by atoms with Crippen LogP contribution in [-0.2, 0) is 9.53 Å². The number of aromatic nitrogens is 1. The fourth-order valence-electron chi connectivity index (χ4n) is 1.86. The van der Waals surface area contributed by atoms with E-state index in [2.05, 4.69) is 10.3 Å². The molecule has 1 atom stereocenters. The van der Waals surface area contributed by atoms with Crippen LogP contribution in [0.1, 0.15) is 22.8 Å². The number of rotatable bonds is 5. The third-order valence-corrected chi connectivity index (χ3v) is 3.24. The molecule has 0 aliphatic carbocycles. The summed E-state index contributed by atoms with van der Waals surface area (Å²) >= 11 is 0. The van der Waals surface area contributed by atoms with Crippen molar-refractivity contribution in [2.75, 3.05) is 5.32 Å². The molecule has 2 rings (SSSR count). The van der Waals surface area contributed by atoms with E-state index in [-0.39, 0.29) is 11.3 Å². The molecule has 24 heavy (non-hydrogen) atoms. The van der Waals surface area contributed by atoms with Gasteiger partial charge < -0.3 is 10.1 Å². The molecule has 1 unspecified atom stereocenters. The molecule has 1 amide bonds. The average molecular weight is 329 g/mol. The molecular formula is C16H15N3O5. The van der Waals surface area contributed by atoms with Gasteiger partial charge in [0.2, 0.25) is 0 Å². The maximum Gasteiger partial charge on any atom is 0.340 e. The lowest BCUT2D eigenvalue weighted by Crippen LogP contribution is -2.30. The Balaban J connectivity index is 2.05. The van der Waals surface area contributed by atoms with Gasteiger partial charge in [0.15, 0.2) is 6.10 Å². The third kappa shape index (κ3) is 4.13. The van der Waals surface area contributed by atoms with Crippen molar-refractivity contribution < 1.29 is 19.2 Å². The van der Waals surface area contributed by atoms with Crippen LogP contribution in [0, 0.1) is 17.0 Å². The van der Waals surface area contributed by atoms with Gasteiger partial charge >= 0.3 is 5.97 Å². The predicted molar refractivity (Wildman–Crippen MR) is 85.6 cm³/mol. The first-order chi connectivity index (χ1) is 11.4. The van der Waals surface area contributed by atoms with Gasteiger partial charge in [-0.05, 0) is 31.5 Å². The van der Waals surface area contributed by atoms with Crippen molar-refractivity contribution in [1.29, 1.82) is 0 Å². The predicted octanol–water partition coefficient (Wildman–Crippen LogP) is 2.48. The zero-order chi connectivity index (χ0) is 17.7. The molecule has 8 heteroatoms. The highest BCUT2D eigenvalue weighted by molar-refractivity contribution is 5.97. The average Bonchev–Trinajstić information content (AvgIpc) is 2.57. The number of carbonyl (C=O) groups excluding carboxylic acids is 2. The summed E-state index contributed by atoms with van der Waals surface area (Å²) in [6.45, 7) is 3.11. The minimum Gasteiger partial charge on any atom is -0.449 e. The number of hydrogen-bond donors (Lipinski definition) is 1. The third-order valence-electron chi connectivity index (χ3n) is 3.24. The summed E-state index contributed by atoms with van der Waals surface area (Å²) in [6.07, 6.45) is 1.77. The van der Waals surface area contributed by atoms with Crippen molar-refractivity contribution >= 4 is 23.3 Å². The Kier molecular flexibility index (Phi) is 5.20. The zero-order valence-corrected chi connectivity index (χ0v) is 13.1. The number of nitrogens with one attached hydrogen (secondary N) is 1. The van der Waals surface area contributed by atoms with Crippen LogP contribution in [0.4, 0.5) is 11.4 Å². The molecule has 1 N–H and O–H groups in total. The fraction of sp³-hybridized carbons (Fsp3) is 0.188. The second kappa shape index (κ2) is 7.32. The maximum atomic E-state index is 12.1. The van der Waals surface area contributed by atoms with Crippen LogP contribution in [0.2, 0.25) is 0 Å². The number of carbonyl (C=O) groups is 2. The summed E-state index contributed by atoms with van der Waals surface area (Å²) < 4.78 is 5.06. The van der Waals surface area contributed by atoms with Gasteiger partial charge in [0.1, 0.15) is 0 Å². The first-order valence-corrected chi connectivity index (χ1v) is 7.05. The highest BCUT2D eigenvalue weighted by atomic mass is 16.6. The number of ether oxygens (including phenoxy) is 1. The summed E-state index contributed by atoms with van der Waals surface area (Å²) in [5.41, 5.74) is 1.03. The van der Waals surface area contributed by atoms with E-state index in [0.717, 1.165) is 0 Å². The number of esters is 1. The van der Waals surface area contributed by atoms with Crippen LogP contribution in [0.3, 0.4) is 0 Å². The van der Waals surface area contributed by atoms with Crippen LogP contribution in [0.5, 0.6) is 0 Å². The first kappa shape index (κ1) is 17.1. The highest BCUT2D eigenvalue weighted by Gasteiger charge is 2.20. The number of amides is 1. The first-order valence-electron chi connectivity index (χ1n) is 7.05. The molecule has 0 radical (unpaired) electrons. The topological polar surface area (TPSA) is 111 Å². The summed E-state index contributed by atoms with van der Waals surface area (Å²) in [6, 6.07) is 7.22.